The number of halogens is 1. The van der Waals surface area contributed by atoms with Crippen LogP contribution in [0.1, 0.15) is 35.6 Å². The van der Waals surface area contributed by atoms with Crippen LogP contribution >= 0.6 is 11.6 Å². The van der Waals surface area contributed by atoms with Gasteiger partial charge in [-0.1, -0.05) is 41.4 Å². The minimum Gasteiger partial charge on any atom is -0.393 e. The first kappa shape index (κ1) is 17.8. The van der Waals surface area contributed by atoms with Crippen LogP contribution in [0.15, 0.2) is 42.5 Å². The van der Waals surface area contributed by atoms with E-state index in [0.717, 1.165) is 43.1 Å². The maximum absolute atomic E-state index is 10.5. The van der Waals surface area contributed by atoms with Crippen LogP contribution < -0.4 is 4.90 Å². The molecule has 2 saturated heterocycles. The molecule has 4 heteroatoms. The van der Waals surface area contributed by atoms with Gasteiger partial charge >= 0.3 is 0 Å². The molecular formula is C22H27ClN2O. The molecule has 2 aromatic rings. The average molecular weight is 371 g/mol. The van der Waals surface area contributed by atoms with Gasteiger partial charge in [-0.2, -0.15) is 0 Å². The summed E-state index contributed by atoms with van der Waals surface area (Å²) in [6.07, 6.45) is 1.46. The molecule has 26 heavy (non-hydrogen) atoms. The van der Waals surface area contributed by atoms with Crippen molar-refractivity contribution in [3.05, 3.63) is 64.2 Å². The molecule has 0 bridgehead atoms. The van der Waals surface area contributed by atoms with Crippen LogP contribution in [0.3, 0.4) is 0 Å². The van der Waals surface area contributed by atoms with Crippen LogP contribution in [0.5, 0.6) is 0 Å². The summed E-state index contributed by atoms with van der Waals surface area (Å²) >= 11 is 6.19. The van der Waals surface area contributed by atoms with Gasteiger partial charge in [-0.25, -0.2) is 0 Å². The van der Waals surface area contributed by atoms with Crippen molar-refractivity contribution in [2.45, 2.75) is 44.9 Å². The van der Waals surface area contributed by atoms with Gasteiger partial charge in [0.05, 0.1) is 6.10 Å². The van der Waals surface area contributed by atoms with E-state index in [0.29, 0.717) is 12.1 Å². The molecule has 2 fully saturated rings. The monoisotopic (exact) mass is 370 g/mol. The maximum Gasteiger partial charge on any atom is 0.0574 e. The lowest BCUT2D eigenvalue weighted by atomic mass is 9.87. The van der Waals surface area contributed by atoms with Gasteiger partial charge in [0, 0.05) is 42.4 Å². The Morgan fingerprint density at radius 2 is 1.88 bits per heavy atom. The van der Waals surface area contributed by atoms with Crippen LogP contribution in [0.2, 0.25) is 5.02 Å². The fourth-order valence-corrected chi connectivity index (χ4v) is 4.68. The number of benzene rings is 2. The van der Waals surface area contributed by atoms with Crippen molar-refractivity contribution in [2.75, 3.05) is 24.5 Å². The summed E-state index contributed by atoms with van der Waals surface area (Å²) in [4.78, 5) is 5.05. The number of rotatable bonds is 2. The molecule has 0 aromatic heterocycles. The Morgan fingerprint density at radius 3 is 2.65 bits per heavy atom. The third-order valence-corrected chi connectivity index (χ3v) is 6.33. The minimum absolute atomic E-state index is 0.228. The van der Waals surface area contributed by atoms with E-state index in [1.54, 1.807) is 0 Å². The number of piperidine rings is 1. The van der Waals surface area contributed by atoms with Gasteiger partial charge in [-0.05, 0) is 56.0 Å². The molecule has 1 N–H and O–H groups in total. The maximum atomic E-state index is 10.5. The summed E-state index contributed by atoms with van der Waals surface area (Å²) < 4.78 is 0. The number of anilines is 1. The lowest BCUT2D eigenvalue weighted by molar-refractivity contribution is -0.00601. The molecule has 2 unspecified atom stereocenters. The van der Waals surface area contributed by atoms with E-state index in [-0.39, 0.29) is 6.10 Å². The Labute approximate surface area is 161 Å². The van der Waals surface area contributed by atoms with Gasteiger partial charge in [-0.15, -0.1) is 0 Å². The fourth-order valence-electron chi connectivity index (χ4n) is 4.56. The van der Waals surface area contributed by atoms with Crippen molar-refractivity contribution >= 4 is 17.3 Å². The third-order valence-electron chi connectivity index (χ3n) is 5.90. The predicted octanol–water partition coefficient (Wildman–Crippen LogP) is 4.34. The number of aliphatic hydroxyl groups is 1. The van der Waals surface area contributed by atoms with Crippen molar-refractivity contribution in [3.63, 3.8) is 0 Å². The van der Waals surface area contributed by atoms with Gasteiger partial charge in [0.2, 0.25) is 0 Å². The Morgan fingerprint density at radius 1 is 1.04 bits per heavy atom. The molecule has 0 saturated carbocycles. The van der Waals surface area contributed by atoms with Crippen LogP contribution in [0, 0.1) is 13.8 Å². The molecule has 0 spiro atoms. The van der Waals surface area contributed by atoms with Crippen LogP contribution in [-0.2, 0) is 0 Å². The molecule has 2 aliphatic rings. The van der Waals surface area contributed by atoms with Crippen molar-refractivity contribution in [1.29, 1.82) is 0 Å². The molecule has 0 amide bonds. The molecule has 2 aliphatic heterocycles. The SMILES string of the molecule is Cc1cccc([C@H]2CC(O)CC3CN(c4ccc(Cl)c(C)c4)CCN32)c1. The molecule has 2 heterocycles. The fraction of sp³-hybridized carbons (Fsp3) is 0.455. The second kappa shape index (κ2) is 7.22. The zero-order valence-corrected chi connectivity index (χ0v) is 16.3. The minimum atomic E-state index is -0.228. The van der Waals surface area contributed by atoms with Gasteiger partial charge in [0.25, 0.3) is 0 Å². The third kappa shape index (κ3) is 3.48. The van der Waals surface area contributed by atoms with E-state index in [9.17, 15) is 5.11 Å². The van der Waals surface area contributed by atoms with E-state index in [1.165, 1.54) is 16.8 Å². The molecule has 0 aliphatic carbocycles. The van der Waals surface area contributed by atoms with E-state index >= 15 is 0 Å². The Bertz CT molecular complexity index is 793. The molecular weight excluding hydrogens is 344 g/mol. The number of nitrogens with zero attached hydrogens (tertiary/aromatic N) is 2. The molecule has 0 radical (unpaired) electrons. The zero-order valence-electron chi connectivity index (χ0n) is 15.5. The number of hydrogen-bond acceptors (Lipinski definition) is 3. The summed E-state index contributed by atoms with van der Waals surface area (Å²) in [7, 11) is 0. The molecule has 3 atom stereocenters. The number of aliphatic hydroxyl groups excluding tert-OH is 1. The smallest absolute Gasteiger partial charge is 0.0574 e. The van der Waals surface area contributed by atoms with E-state index in [2.05, 4.69) is 60.0 Å². The molecule has 2 aromatic carbocycles. The first-order chi connectivity index (χ1) is 12.5. The zero-order chi connectivity index (χ0) is 18.3. The number of fused-ring (bicyclic) bond motifs is 1. The highest BCUT2D eigenvalue weighted by Crippen LogP contribution is 2.37. The van der Waals surface area contributed by atoms with Crippen LogP contribution in [0.4, 0.5) is 5.69 Å². The summed E-state index contributed by atoms with van der Waals surface area (Å²) in [5.74, 6) is 0. The summed E-state index contributed by atoms with van der Waals surface area (Å²) in [6, 6.07) is 15.7. The van der Waals surface area contributed by atoms with Crippen molar-refractivity contribution < 1.29 is 5.11 Å². The summed E-state index contributed by atoms with van der Waals surface area (Å²) in [6.45, 7) is 7.19. The average Bonchev–Trinajstić information content (AvgIpc) is 2.62. The first-order valence-corrected chi connectivity index (χ1v) is 9.90. The number of hydrogen-bond donors (Lipinski definition) is 1. The Balaban J connectivity index is 1.56. The highest BCUT2D eigenvalue weighted by atomic mass is 35.5. The van der Waals surface area contributed by atoms with E-state index in [1.807, 2.05) is 6.07 Å². The largest absolute Gasteiger partial charge is 0.393 e. The lowest BCUT2D eigenvalue weighted by Crippen LogP contribution is -2.58. The predicted molar refractivity (Wildman–Crippen MR) is 108 cm³/mol. The second-order valence-corrected chi connectivity index (χ2v) is 8.23. The normalized spacial score (nSPS) is 26.6. The Kier molecular flexibility index (Phi) is 4.96. The topological polar surface area (TPSA) is 26.7 Å². The van der Waals surface area contributed by atoms with Gasteiger partial charge in [0.15, 0.2) is 0 Å². The Hall–Kier alpha value is -1.55. The van der Waals surface area contributed by atoms with Crippen LogP contribution in [0.25, 0.3) is 0 Å². The van der Waals surface area contributed by atoms with E-state index < -0.39 is 0 Å². The van der Waals surface area contributed by atoms with Crippen LogP contribution in [-0.4, -0.2) is 41.8 Å². The number of piperazine rings is 1. The lowest BCUT2D eigenvalue weighted by Gasteiger charge is -2.50. The quantitative estimate of drug-likeness (QED) is 0.851. The first-order valence-electron chi connectivity index (χ1n) is 9.53. The van der Waals surface area contributed by atoms with Gasteiger partial charge in [-0.3, -0.25) is 4.90 Å². The summed E-state index contributed by atoms with van der Waals surface area (Å²) in [5, 5.41) is 11.3. The molecule has 138 valence electrons. The highest BCUT2D eigenvalue weighted by Gasteiger charge is 2.39. The number of aryl methyl sites for hydroxylation is 2. The van der Waals surface area contributed by atoms with Crippen molar-refractivity contribution in [2.24, 2.45) is 0 Å². The highest BCUT2D eigenvalue weighted by molar-refractivity contribution is 6.31. The van der Waals surface area contributed by atoms with Crippen molar-refractivity contribution in [3.8, 4) is 0 Å². The van der Waals surface area contributed by atoms with Crippen molar-refractivity contribution in [1.82, 2.24) is 4.90 Å². The van der Waals surface area contributed by atoms with Gasteiger partial charge in [0.1, 0.15) is 0 Å². The van der Waals surface area contributed by atoms with E-state index in [4.69, 9.17) is 11.6 Å². The second-order valence-electron chi connectivity index (χ2n) is 7.83. The van der Waals surface area contributed by atoms with Gasteiger partial charge < -0.3 is 10.0 Å². The molecule has 4 rings (SSSR count). The standard InChI is InChI=1S/C22H27ClN2O/c1-15-4-3-5-17(10-15)22-13-20(26)12-19-14-24(8-9-25(19)22)18-6-7-21(23)16(2)11-18/h3-7,10-11,19-20,22,26H,8-9,12-14H2,1-2H3/t19?,20?,22-/m1/s1. The molecule has 3 nitrogen and oxygen atoms in total. The summed E-state index contributed by atoms with van der Waals surface area (Å²) in [5.41, 5.74) is 4.98.